The van der Waals surface area contributed by atoms with Crippen molar-refractivity contribution in [2.45, 2.75) is 6.92 Å². The molecule has 0 aliphatic carbocycles. The molecule has 0 aliphatic rings. The molecule has 0 aromatic heterocycles. The van der Waals surface area contributed by atoms with Crippen molar-refractivity contribution in [3.05, 3.63) is 35.4 Å². The molecule has 0 fully saturated rings. The first kappa shape index (κ1) is 12.7. The molecule has 0 atom stereocenters. The summed E-state index contributed by atoms with van der Waals surface area (Å²) in [5.74, 6) is -0.668. The first-order chi connectivity index (χ1) is 8.20. The Labute approximate surface area is 98.2 Å². The van der Waals surface area contributed by atoms with Crippen LogP contribution in [-0.4, -0.2) is 25.2 Å². The molecule has 6 nitrogen and oxygen atoms in total. The van der Waals surface area contributed by atoms with Gasteiger partial charge in [0, 0.05) is 5.56 Å². The van der Waals surface area contributed by atoms with Crippen LogP contribution in [0.5, 0.6) is 0 Å². The molecule has 6 heteroatoms. The van der Waals surface area contributed by atoms with Gasteiger partial charge in [0.25, 0.3) is 0 Å². The lowest BCUT2D eigenvalue weighted by atomic mass is 10.0. The summed E-state index contributed by atoms with van der Waals surface area (Å²) in [5, 5.41) is 3.74. The number of carbonyl (C=O) groups excluding carboxylic acids is 2. The fourth-order valence-electron chi connectivity index (χ4n) is 1.30. The number of hydrogen-bond acceptors (Lipinski definition) is 5. The highest BCUT2D eigenvalue weighted by Crippen LogP contribution is 2.11. The van der Waals surface area contributed by atoms with Gasteiger partial charge in [0.15, 0.2) is 0 Å². The van der Waals surface area contributed by atoms with Crippen molar-refractivity contribution in [2.24, 2.45) is 5.16 Å². The van der Waals surface area contributed by atoms with Gasteiger partial charge in [-0.25, -0.2) is 4.79 Å². The van der Waals surface area contributed by atoms with Crippen LogP contribution in [0.15, 0.2) is 29.4 Å². The van der Waals surface area contributed by atoms with Crippen molar-refractivity contribution < 1.29 is 19.3 Å². The van der Waals surface area contributed by atoms with Gasteiger partial charge in [0.2, 0.25) is 6.41 Å². The van der Waals surface area contributed by atoms with E-state index >= 15 is 0 Å². The summed E-state index contributed by atoms with van der Waals surface area (Å²) in [4.78, 5) is 30.8. The number of benzene rings is 1. The van der Waals surface area contributed by atoms with Gasteiger partial charge in [-0.2, -0.15) is 5.48 Å². The van der Waals surface area contributed by atoms with Gasteiger partial charge in [0.05, 0.1) is 11.3 Å². The van der Waals surface area contributed by atoms with Crippen LogP contribution < -0.4 is 5.48 Å². The van der Waals surface area contributed by atoms with Crippen molar-refractivity contribution in [2.75, 3.05) is 7.11 Å². The number of rotatable bonds is 5. The highest BCUT2D eigenvalue weighted by molar-refractivity contribution is 6.07. The number of amides is 1. The molecular weight excluding hydrogens is 224 g/mol. The topological polar surface area (TPSA) is 77.0 Å². The second-order valence-corrected chi connectivity index (χ2v) is 3.03. The Hall–Kier alpha value is -2.37. The third-order valence-electron chi connectivity index (χ3n) is 1.96. The number of hydrogen-bond donors (Lipinski definition) is 1. The van der Waals surface area contributed by atoms with Crippen LogP contribution >= 0.6 is 0 Å². The number of carbonyl (C=O) groups is 2. The zero-order chi connectivity index (χ0) is 12.7. The van der Waals surface area contributed by atoms with Gasteiger partial charge in [-0.15, -0.1) is 0 Å². The molecule has 0 radical (unpaired) electrons. The maximum Gasteiger partial charge on any atom is 0.363 e. The van der Waals surface area contributed by atoms with Gasteiger partial charge in [-0.3, -0.25) is 4.79 Å². The van der Waals surface area contributed by atoms with E-state index in [2.05, 4.69) is 14.8 Å². The third kappa shape index (κ3) is 3.30. The molecule has 1 N–H and O–H groups in total. The fraction of sp³-hybridized carbons (Fsp3) is 0.182. The van der Waals surface area contributed by atoms with E-state index < -0.39 is 5.97 Å². The molecule has 1 amide bonds. The highest BCUT2D eigenvalue weighted by atomic mass is 16.7. The van der Waals surface area contributed by atoms with Crippen molar-refractivity contribution in [1.29, 1.82) is 0 Å². The Balaban J connectivity index is 3.03. The Bertz CT molecular complexity index is 443. The zero-order valence-corrected chi connectivity index (χ0v) is 9.47. The molecule has 0 saturated heterocycles. The van der Waals surface area contributed by atoms with E-state index in [4.69, 9.17) is 0 Å². The number of oxime groups is 1. The quantitative estimate of drug-likeness (QED) is 0.467. The molecule has 1 aromatic rings. The van der Waals surface area contributed by atoms with Gasteiger partial charge in [0.1, 0.15) is 7.11 Å². The standard InChI is InChI=1S/C11H12N2O4/c1-8(13-16-2)9-5-3-4-6-10(9)11(15)17-12-7-14/h3-7H,1-2H3,(H,12,14). The molecule has 1 rings (SSSR count). The maximum absolute atomic E-state index is 11.6. The van der Waals surface area contributed by atoms with Crippen LogP contribution in [0.1, 0.15) is 22.8 Å². The average molecular weight is 236 g/mol. The van der Waals surface area contributed by atoms with Gasteiger partial charge in [-0.05, 0) is 13.0 Å². The summed E-state index contributed by atoms with van der Waals surface area (Å²) in [6.45, 7) is 1.70. The predicted molar refractivity (Wildman–Crippen MR) is 60.3 cm³/mol. The smallest absolute Gasteiger partial charge is 0.363 e. The summed E-state index contributed by atoms with van der Waals surface area (Å²) in [6.07, 6.45) is 0.274. The van der Waals surface area contributed by atoms with Crippen molar-refractivity contribution in [3.8, 4) is 0 Å². The SMILES string of the molecule is CON=C(C)c1ccccc1C(=O)ONC=O. The zero-order valence-electron chi connectivity index (χ0n) is 9.47. The lowest BCUT2D eigenvalue weighted by Gasteiger charge is -2.07. The average Bonchev–Trinajstić information content (AvgIpc) is 2.36. The van der Waals surface area contributed by atoms with E-state index in [0.717, 1.165) is 0 Å². The van der Waals surface area contributed by atoms with Crippen LogP contribution in [0.25, 0.3) is 0 Å². The van der Waals surface area contributed by atoms with E-state index in [1.165, 1.54) is 7.11 Å². The fourth-order valence-corrected chi connectivity index (χ4v) is 1.30. The molecule has 0 aliphatic heterocycles. The molecule has 0 unspecified atom stereocenters. The third-order valence-corrected chi connectivity index (χ3v) is 1.96. The summed E-state index contributed by atoms with van der Waals surface area (Å²) in [5.41, 5.74) is 3.24. The normalized spacial score (nSPS) is 10.6. The first-order valence-corrected chi connectivity index (χ1v) is 4.78. The lowest BCUT2D eigenvalue weighted by Crippen LogP contribution is -2.20. The summed E-state index contributed by atoms with van der Waals surface area (Å²) >= 11 is 0. The molecule has 0 bridgehead atoms. The number of nitrogens with zero attached hydrogens (tertiary/aromatic N) is 1. The van der Waals surface area contributed by atoms with Crippen LogP contribution in [0.2, 0.25) is 0 Å². The minimum absolute atomic E-state index is 0.274. The maximum atomic E-state index is 11.6. The van der Waals surface area contributed by atoms with E-state index in [1.807, 2.05) is 5.48 Å². The second-order valence-electron chi connectivity index (χ2n) is 3.03. The van der Waals surface area contributed by atoms with E-state index in [1.54, 1.807) is 31.2 Å². The molecular formula is C11H12N2O4. The van der Waals surface area contributed by atoms with E-state index in [-0.39, 0.29) is 6.41 Å². The summed E-state index contributed by atoms with van der Waals surface area (Å²) < 4.78 is 0. The van der Waals surface area contributed by atoms with Gasteiger partial charge in [-0.1, -0.05) is 23.4 Å². The Morgan fingerprint density at radius 3 is 2.59 bits per heavy atom. The van der Waals surface area contributed by atoms with Gasteiger partial charge < -0.3 is 9.68 Å². The molecule has 17 heavy (non-hydrogen) atoms. The molecule has 0 spiro atoms. The Morgan fingerprint density at radius 2 is 2.00 bits per heavy atom. The molecule has 1 aromatic carbocycles. The molecule has 0 heterocycles. The van der Waals surface area contributed by atoms with Crippen molar-refractivity contribution in [1.82, 2.24) is 5.48 Å². The van der Waals surface area contributed by atoms with Crippen molar-refractivity contribution >= 4 is 18.1 Å². The monoisotopic (exact) mass is 236 g/mol. The minimum Gasteiger partial charge on any atom is -0.399 e. The highest BCUT2D eigenvalue weighted by Gasteiger charge is 2.14. The second kappa shape index (κ2) is 6.26. The predicted octanol–water partition coefficient (Wildman–Crippen LogP) is 0.875. The molecule has 0 saturated carbocycles. The lowest BCUT2D eigenvalue weighted by molar-refractivity contribution is -0.117. The Kier molecular flexibility index (Phi) is 4.68. The molecule has 90 valence electrons. The largest absolute Gasteiger partial charge is 0.399 e. The summed E-state index contributed by atoms with van der Waals surface area (Å²) in [7, 11) is 1.42. The van der Waals surface area contributed by atoms with E-state index in [0.29, 0.717) is 16.8 Å². The van der Waals surface area contributed by atoms with Crippen LogP contribution in [0, 0.1) is 0 Å². The number of nitrogens with one attached hydrogen (secondary N) is 1. The number of hydroxylamine groups is 1. The first-order valence-electron chi connectivity index (χ1n) is 4.78. The Morgan fingerprint density at radius 1 is 1.35 bits per heavy atom. The van der Waals surface area contributed by atoms with Crippen LogP contribution in [0.3, 0.4) is 0 Å². The van der Waals surface area contributed by atoms with Crippen LogP contribution in [0.4, 0.5) is 0 Å². The summed E-state index contributed by atoms with van der Waals surface area (Å²) in [6, 6.07) is 6.71. The van der Waals surface area contributed by atoms with Crippen LogP contribution in [-0.2, 0) is 14.5 Å². The van der Waals surface area contributed by atoms with Gasteiger partial charge >= 0.3 is 5.97 Å². The minimum atomic E-state index is -0.668. The van der Waals surface area contributed by atoms with Crippen molar-refractivity contribution in [3.63, 3.8) is 0 Å². The van der Waals surface area contributed by atoms with E-state index in [9.17, 15) is 9.59 Å².